The number of hydrogen-bond acceptors (Lipinski definition) is 4. The lowest BCUT2D eigenvalue weighted by Gasteiger charge is -2.27. The molecule has 1 heterocycles. The van der Waals surface area contributed by atoms with E-state index < -0.39 is 28.5 Å². The van der Waals surface area contributed by atoms with Gasteiger partial charge in [-0.05, 0) is 43.4 Å². The third kappa shape index (κ3) is 4.45. The number of benzene rings is 3. The van der Waals surface area contributed by atoms with Gasteiger partial charge in [-0.2, -0.15) is 0 Å². The quantitative estimate of drug-likeness (QED) is 0.635. The van der Waals surface area contributed by atoms with Crippen LogP contribution in [0.5, 0.6) is 0 Å². The van der Waals surface area contributed by atoms with E-state index in [1.165, 1.54) is 17.0 Å². The summed E-state index contributed by atoms with van der Waals surface area (Å²) in [6.45, 7) is 2.20. The van der Waals surface area contributed by atoms with Crippen molar-refractivity contribution in [2.45, 2.75) is 24.7 Å². The Morgan fingerprint density at radius 3 is 2.31 bits per heavy atom. The number of fused-ring (bicyclic) bond motifs is 1. The molecular weight excluding hydrogens is 426 g/mol. The van der Waals surface area contributed by atoms with Gasteiger partial charge >= 0.3 is 6.03 Å². The van der Waals surface area contributed by atoms with E-state index in [0.29, 0.717) is 23.1 Å². The molecule has 0 aromatic heterocycles. The number of amides is 3. The van der Waals surface area contributed by atoms with Crippen LogP contribution >= 0.6 is 0 Å². The number of sulfonamides is 1. The van der Waals surface area contributed by atoms with E-state index in [0.717, 1.165) is 29.2 Å². The van der Waals surface area contributed by atoms with Crippen LogP contribution in [0, 0.1) is 6.92 Å². The van der Waals surface area contributed by atoms with Crippen molar-refractivity contribution in [1.82, 2.24) is 9.21 Å². The van der Waals surface area contributed by atoms with Crippen LogP contribution < -0.4 is 5.32 Å². The van der Waals surface area contributed by atoms with Gasteiger partial charge in [0.15, 0.2) is 0 Å². The van der Waals surface area contributed by atoms with Crippen molar-refractivity contribution >= 4 is 38.4 Å². The highest BCUT2D eigenvalue weighted by molar-refractivity contribution is 7.89. The van der Waals surface area contributed by atoms with E-state index in [2.05, 4.69) is 5.32 Å². The number of nitrogens with one attached hydrogen (secondary N) is 1. The molecule has 1 fully saturated rings. The lowest BCUT2D eigenvalue weighted by Crippen LogP contribution is -2.48. The Morgan fingerprint density at radius 2 is 1.59 bits per heavy atom. The molecule has 8 heteroatoms. The molecule has 1 saturated heterocycles. The SMILES string of the molecule is Cc1ccc(S(=O)(=O)N(CC(=O)Nc2cccc3ccccc23)C(=O)N2CCCC2)cc1. The molecule has 0 atom stereocenters. The maximum Gasteiger partial charge on any atom is 0.334 e. The van der Waals surface area contributed by atoms with Gasteiger partial charge in [0.2, 0.25) is 5.91 Å². The van der Waals surface area contributed by atoms with E-state index in [4.69, 9.17) is 0 Å². The van der Waals surface area contributed by atoms with Crippen LogP contribution in [0.25, 0.3) is 10.8 Å². The molecule has 3 aromatic carbocycles. The number of carbonyl (C=O) groups excluding carboxylic acids is 2. The number of rotatable bonds is 5. The van der Waals surface area contributed by atoms with Crippen LogP contribution in [0.2, 0.25) is 0 Å². The van der Waals surface area contributed by atoms with Crippen molar-refractivity contribution in [1.29, 1.82) is 0 Å². The highest BCUT2D eigenvalue weighted by Crippen LogP contribution is 2.24. The zero-order valence-corrected chi connectivity index (χ0v) is 18.6. The summed E-state index contributed by atoms with van der Waals surface area (Å²) in [5.74, 6) is -0.579. The molecule has 0 spiro atoms. The highest BCUT2D eigenvalue weighted by Gasteiger charge is 2.35. The van der Waals surface area contributed by atoms with Crippen molar-refractivity contribution in [3.8, 4) is 0 Å². The van der Waals surface area contributed by atoms with E-state index in [1.807, 2.05) is 43.3 Å². The van der Waals surface area contributed by atoms with Gasteiger partial charge in [-0.25, -0.2) is 17.5 Å². The van der Waals surface area contributed by atoms with Gasteiger partial charge in [-0.3, -0.25) is 4.79 Å². The van der Waals surface area contributed by atoms with Crippen LogP contribution in [-0.2, 0) is 14.8 Å². The molecule has 1 N–H and O–H groups in total. The van der Waals surface area contributed by atoms with Gasteiger partial charge < -0.3 is 10.2 Å². The van der Waals surface area contributed by atoms with Crippen LogP contribution in [0.4, 0.5) is 10.5 Å². The van der Waals surface area contributed by atoms with Gasteiger partial charge in [0.25, 0.3) is 10.0 Å². The maximum atomic E-state index is 13.3. The summed E-state index contributed by atoms with van der Waals surface area (Å²) in [5, 5.41) is 4.56. The maximum absolute atomic E-state index is 13.3. The Kier molecular flexibility index (Phi) is 6.14. The van der Waals surface area contributed by atoms with E-state index >= 15 is 0 Å². The largest absolute Gasteiger partial charge is 0.334 e. The number of nitrogens with zero attached hydrogens (tertiary/aromatic N) is 2. The van der Waals surface area contributed by atoms with Gasteiger partial charge in [0.1, 0.15) is 6.54 Å². The zero-order chi connectivity index (χ0) is 22.7. The number of carbonyl (C=O) groups is 2. The van der Waals surface area contributed by atoms with E-state index in [-0.39, 0.29) is 4.90 Å². The normalized spacial score (nSPS) is 13.8. The van der Waals surface area contributed by atoms with Crippen molar-refractivity contribution < 1.29 is 18.0 Å². The first-order valence-electron chi connectivity index (χ1n) is 10.5. The van der Waals surface area contributed by atoms with Crippen molar-refractivity contribution in [2.75, 3.05) is 25.0 Å². The zero-order valence-electron chi connectivity index (χ0n) is 17.8. The van der Waals surface area contributed by atoms with Gasteiger partial charge in [-0.1, -0.05) is 54.1 Å². The fourth-order valence-corrected chi connectivity index (χ4v) is 5.16. The van der Waals surface area contributed by atoms with E-state index in [9.17, 15) is 18.0 Å². The second-order valence-corrected chi connectivity index (χ2v) is 9.74. The molecule has 0 saturated carbocycles. The van der Waals surface area contributed by atoms with Crippen molar-refractivity contribution in [2.24, 2.45) is 0 Å². The number of urea groups is 1. The van der Waals surface area contributed by atoms with Crippen molar-refractivity contribution in [3.05, 3.63) is 72.3 Å². The Bertz CT molecular complexity index is 1240. The topological polar surface area (TPSA) is 86.8 Å². The Labute approximate surface area is 187 Å². The summed E-state index contributed by atoms with van der Waals surface area (Å²) in [5.41, 5.74) is 1.46. The van der Waals surface area contributed by atoms with Crippen LogP contribution in [0.3, 0.4) is 0 Å². The third-order valence-corrected chi connectivity index (χ3v) is 7.28. The first-order chi connectivity index (χ1) is 15.4. The standard InChI is InChI=1S/C24H25N3O4S/c1-18-11-13-20(14-12-18)32(30,31)27(24(29)26-15-4-5-16-26)17-23(28)25-22-10-6-8-19-7-2-3-9-21(19)22/h2-3,6-14H,4-5,15-17H2,1H3,(H,25,28). The predicted molar refractivity (Wildman–Crippen MR) is 124 cm³/mol. The molecule has 32 heavy (non-hydrogen) atoms. The first-order valence-corrected chi connectivity index (χ1v) is 12.0. The smallest absolute Gasteiger partial charge is 0.324 e. The molecule has 3 amide bonds. The molecule has 0 radical (unpaired) electrons. The minimum atomic E-state index is -4.20. The monoisotopic (exact) mass is 451 g/mol. The second-order valence-electron chi connectivity index (χ2n) is 7.88. The molecule has 1 aliphatic rings. The summed E-state index contributed by atoms with van der Waals surface area (Å²) in [6.07, 6.45) is 1.62. The molecule has 0 unspecified atom stereocenters. The summed E-state index contributed by atoms with van der Waals surface area (Å²) in [6, 6.07) is 18.6. The summed E-state index contributed by atoms with van der Waals surface area (Å²) in [4.78, 5) is 27.5. The summed E-state index contributed by atoms with van der Waals surface area (Å²) >= 11 is 0. The molecule has 0 aliphatic carbocycles. The molecule has 4 rings (SSSR count). The average Bonchev–Trinajstić information content (AvgIpc) is 3.33. The number of likely N-dealkylation sites (tertiary alicyclic amines) is 1. The molecule has 166 valence electrons. The Balaban J connectivity index is 1.63. The van der Waals surface area contributed by atoms with E-state index in [1.54, 1.807) is 18.2 Å². The van der Waals surface area contributed by atoms with Crippen molar-refractivity contribution in [3.63, 3.8) is 0 Å². The Hall–Kier alpha value is -3.39. The van der Waals surface area contributed by atoms with Crippen LogP contribution in [0.1, 0.15) is 18.4 Å². The highest BCUT2D eigenvalue weighted by atomic mass is 32.2. The van der Waals surface area contributed by atoms with Gasteiger partial charge in [-0.15, -0.1) is 0 Å². The first kappa shape index (κ1) is 21.8. The molecular formula is C24H25N3O4S. The predicted octanol–water partition coefficient (Wildman–Crippen LogP) is 3.99. The second kappa shape index (κ2) is 9.00. The molecule has 3 aromatic rings. The fourth-order valence-electron chi connectivity index (χ4n) is 3.81. The number of anilines is 1. The minimum absolute atomic E-state index is 0.0198. The summed E-state index contributed by atoms with van der Waals surface area (Å²) in [7, 11) is -4.20. The minimum Gasteiger partial charge on any atom is -0.324 e. The third-order valence-electron chi connectivity index (χ3n) is 5.55. The average molecular weight is 452 g/mol. The number of aryl methyl sites for hydroxylation is 1. The lowest BCUT2D eigenvalue weighted by atomic mass is 10.1. The Morgan fingerprint density at radius 1 is 0.938 bits per heavy atom. The molecule has 7 nitrogen and oxygen atoms in total. The molecule has 0 bridgehead atoms. The molecule has 1 aliphatic heterocycles. The lowest BCUT2D eigenvalue weighted by molar-refractivity contribution is -0.116. The summed E-state index contributed by atoms with van der Waals surface area (Å²) < 4.78 is 27.4. The number of hydrogen-bond donors (Lipinski definition) is 1. The van der Waals surface area contributed by atoms with Gasteiger partial charge in [0.05, 0.1) is 4.90 Å². The van der Waals surface area contributed by atoms with Gasteiger partial charge in [0, 0.05) is 24.2 Å². The van der Waals surface area contributed by atoms with Crippen LogP contribution in [0.15, 0.2) is 71.6 Å². The fraction of sp³-hybridized carbons (Fsp3) is 0.250. The van der Waals surface area contributed by atoms with Crippen LogP contribution in [-0.4, -0.2) is 49.2 Å².